The zero-order chi connectivity index (χ0) is 33.2. The molecule has 0 fully saturated rings. The van der Waals surface area contributed by atoms with Gasteiger partial charge in [0.05, 0.1) is 7.11 Å². The highest BCUT2D eigenvalue weighted by Gasteiger charge is 2.27. The lowest BCUT2D eigenvalue weighted by Gasteiger charge is -2.22. The van der Waals surface area contributed by atoms with Crippen molar-refractivity contribution in [2.24, 2.45) is 16.5 Å². The number of fused-ring (bicyclic) bond motifs is 7. The first-order valence-electron chi connectivity index (χ1n) is 15.5. The van der Waals surface area contributed by atoms with E-state index in [4.69, 9.17) is 25.7 Å². The number of benzene rings is 4. The van der Waals surface area contributed by atoms with Gasteiger partial charge in [-0.25, -0.2) is 4.79 Å². The van der Waals surface area contributed by atoms with Gasteiger partial charge in [0.15, 0.2) is 12.6 Å². The van der Waals surface area contributed by atoms with Crippen LogP contribution in [-0.2, 0) is 19.1 Å². The monoisotopic (exact) mass is 637 g/mol. The zero-order valence-electron chi connectivity index (χ0n) is 26.2. The Hall–Kier alpha value is -5.58. The quantitative estimate of drug-likeness (QED) is 0.0810. The topological polar surface area (TPSA) is 167 Å². The van der Waals surface area contributed by atoms with Crippen molar-refractivity contribution < 1.29 is 28.6 Å². The zero-order valence-corrected chi connectivity index (χ0v) is 26.2. The van der Waals surface area contributed by atoms with Gasteiger partial charge < -0.3 is 36.3 Å². The average molecular weight is 638 g/mol. The Kier molecular flexibility index (Phi) is 10.9. The Balaban J connectivity index is 1.55. The number of hydrogen-bond donors (Lipinski definition) is 4. The molecule has 4 aromatic rings. The van der Waals surface area contributed by atoms with Gasteiger partial charge in [-0.3, -0.25) is 14.6 Å². The van der Waals surface area contributed by atoms with Gasteiger partial charge in [-0.1, -0.05) is 72.8 Å². The minimum atomic E-state index is -0.969. The molecule has 1 heterocycles. The van der Waals surface area contributed by atoms with Crippen LogP contribution in [0.2, 0.25) is 0 Å². The van der Waals surface area contributed by atoms with Gasteiger partial charge in [0.1, 0.15) is 30.2 Å². The first-order valence-corrected chi connectivity index (χ1v) is 15.5. The number of carbonyl (C=O) groups excluding carboxylic acids is 3. The molecule has 6 N–H and O–H groups in total. The molecule has 0 aliphatic carbocycles. The van der Waals surface area contributed by atoms with Crippen LogP contribution in [0, 0.1) is 0 Å². The molecule has 0 spiro atoms. The highest BCUT2D eigenvalue weighted by atomic mass is 16.5. The molecule has 0 bridgehead atoms. The number of nitrogens with one attached hydrogen (secondary N) is 2. The summed E-state index contributed by atoms with van der Waals surface area (Å²) < 4.78 is 17.5. The second-order valence-electron chi connectivity index (χ2n) is 11.1. The van der Waals surface area contributed by atoms with Gasteiger partial charge in [0, 0.05) is 17.7 Å². The Morgan fingerprint density at radius 1 is 0.851 bits per heavy atom. The molecule has 11 nitrogen and oxygen atoms in total. The summed E-state index contributed by atoms with van der Waals surface area (Å²) in [6, 6.07) is 21.8. The molecule has 0 saturated carbocycles. The molecule has 1 aliphatic heterocycles. The molecule has 0 radical (unpaired) electrons. The fourth-order valence-electron chi connectivity index (χ4n) is 5.64. The standard InChI is InChI=1S/C36H39N5O6/c1-45-35(44)28-15-7-9-21-46-29-18-16-23-10-2-4-12-25(23)32(29)33-26-13-5-3-11-24(26)17-19-30(33)47-22-31(42)40-27(34(43)41-28)14-6-8-20-39-36(37)38/h2-5,7,9-13,16-19,27-28H,6,8,14-15,20-22H2,1H3,(H,40,42)(H,41,43)(H4,37,38,39)/b9-7-/t27-,28+/m1/s1. The van der Waals surface area contributed by atoms with Crippen molar-refractivity contribution in [3.63, 3.8) is 0 Å². The van der Waals surface area contributed by atoms with E-state index in [0.29, 0.717) is 30.9 Å². The van der Waals surface area contributed by atoms with Gasteiger partial charge in [-0.05, 0) is 59.4 Å². The van der Waals surface area contributed by atoms with E-state index in [1.807, 2.05) is 72.8 Å². The lowest BCUT2D eigenvalue weighted by Crippen LogP contribution is -2.52. The first-order chi connectivity index (χ1) is 22.9. The summed E-state index contributed by atoms with van der Waals surface area (Å²) in [5.74, 6) is -0.527. The smallest absolute Gasteiger partial charge is 0.328 e. The van der Waals surface area contributed by atoms with E-state index in [2.05, 4.69) is 15.6 Å². The summed E-state index contributed by atoms with van der Waals surface area (Å²) in [6.45, 7) is 0.227. The normalized spacial score (nSPS) is 17.9. The summed E-state index contributed by atoms with van der Waals surface area (Å²) in [5, 5.41) is 9.43. The van der Waals surface area contributed by atoms with E-state index >= 15 is 0 Å². The highest BCUT2D eigenvalue weighted by molar-refractivity contribution is 6.09. The molecular formula is C36H39N5O6. The highest BCUT2D eigenvalue weighted by Crippen LogP contribution is 2.45. The lowest BCUT2D eigenvalue weighted by molar-refractivity contribution is -0.145. The van der Waals surface area contributed by atoms with Crippen LogP contribution in [-0.4, -0.2) is 62.7 Å². The summed E-state index contributed by atoms with van der Waals surface area (Å²) >= 11 is 0. The summed E-state index contributed by atoms with van der Waals surface area (Å²) in [4.78, 5) is 43.4. The number of amides is 2. The number of methoxy groups -OCH3 is 1. The van der Waals surface area contributed by atoms with Crippen LogP contribution in [0.1, 0.15) is 25.7 Å². The maximum Gasteiger partial charge on any atom is 0.328 e. The number of guanidine groups is 1. The van der Waals surface area contributed by atoms with E-state index in [1.165, 1.54) is 7.11 Å². The number of unbranched alkanes of at least 4 members (excludes halogenated alkanes) is 1. The Bertz CT molecular complexity index is 1820. The fraction of sp³-hybridized carbons (Fsp3) is 0.278. The van der Waals surface area contributed by atoms with Crippen LogP contribution in [0.4, 0.5) is 0 Å². The largest absolute Gasteiger partial charge is 0.489 e. The molecule has 2 atom stereocenters. The van der Waals surface area contributed by atoms with E-state index in [9.17, 15) is 14.4 Å². The summed E-state index contributed by atoms with van der Waals surface area (Å²) in [6.07, 6.45) is 5.13. The first kappa shape index (κ1) is 32.8. The third-order valence-corrected chi connectivity index (χ3v) is 7.91. The molecule has 244 valence electrons. The lowest BCUT2D eigenvalue weighted by atomic mass is 9.92. The van der Waals surface area contributed by atoms with E-state index in [1.54, 1.807) is 12.2 Å². The predicted molar refractivity (Wildman–Crippen MR) is 182 cm³/mol. The number of aliphatic imine (C=N–C) groups is 1. The molecule has 0 unspecified atom stereocenters. The van der Waals surface area contributed by atoms with Crippen molar-refractivity contribution in [3.8, 4) is 22.6 Å². The Morgan fingerprint density at radius 3 is 2.13 bits per heavy atom. The predicted octanol–water partition coefficient (Wildman–Crippen LogP) is 3.96. The minimum absolute atomic E-state index is 0.0169. The average Bonchev–Trinajstić information content (AvgIpc) is 3.08. The van der Waals surface area contributed by atoms with Crippen LogP contribution in [0.25, 0.3) is 32.7 Å². The van der Waals surface area contributed by atoms with Crippen molar-refractivity contribution in [3.05, 3.63) is 84.9 Å². The number of nitrogens with two attached hydrogens (primary N) is 2. The second kappa shape index (κ2) is 15.6. The van der Waals surface area contributed by atoms with E-state index < -0.39 is 29.9 Å². The van der Waals surface area contributed by atoms with Gasteiger partial charge >= 0.3 is 5.97 Å². The number of hydrogen-bond acceptors (Lipinski definition) is 7. The maximum atomic E-state index is 13.4. The number of rotatable bonds is 6. The molecular weight excluding hydrogens is 598 g/mol. The number of esters is 1. The van der Waals surface area contributed by atoms with Gasteiger partial charge in [-0.2, -0.15) is 0 Å². The van der Waals surface area contributed by atoms with Gasteiger partial charge in [-0.15, -0.1) is 0 Å². The fourth-order valence-corrected chi connectivity index (χ4v) is 5.64. The molecule has 0 aromatic heterocycles. The molecule has 0 saturated heterocycles. The molecule has 1 aliphatic rings. The van der Waals surface area contributed by atoms with Gasteiger partial charge in [0.2, 0.25) is 5.91 Å². The van der Waals surface area contributed by atoms with E-state index in [0.717, 1.165) is 32.7 Å². The van der Waals surface area contributed by atoms with Crippen molar-refractivity contribution in [1.29, 1.82) is 0 Å². The number of nitrogens with zero attached hydrogens (tertiary/aromatic N) is 1. The van der Waals surface area contributed by atoms with E-state index in [-0.39, 0.29) is 32.0 Å². The van der Waals surface area contributed by atoms with Crippen LogP contribution < -0.4 is 31.6 Å². The molecule has 5 rings (SSSR count). The van der Waals surface area contributed by atoms with Crippen molar-refractivity contribution in [2.45, 2.75) is 37.8 Å². The molecule has 11 heteroatoms. The molecule has 47 heavy (non-hydrogen) atoms. The number of carbonyl (C=O) groups is 3. The van der Waals surface area contributed by atoms with Crippen LogP contribution >= 0.6 is 0 Å². The second-order valence-corrected chi connectivity index (χ2v) is 11.1. The third-order valence-electron chi connectivity index (χ3n) is 7.91. The third kappa shape index (κ3) is 8.18. The Labute approximate surface area is 272 Å². The summed E-state index contributed by atoms with van der Waals surface area (Å²) in [5.41, 5.74) is 12.5. The molecule has 4 aromatic carbocycles. The van der Waals surface area contributed by atoms with Crippen molar-refractivity contribution in [2.75, 3.05) is 26.9 Å². The van der Waals surface area contributed by atoms with Crippen LogP contribution in [0.3, 0.4) is 0 Å². The number of ether oxygens (including phenoxy) is 3. The van der Waals surface area contributed by atoms with Crippen LogP contribution in [0.5, 0.6) is 11.5 Å². The van der Waals surface area contributed by atoms with Crippen LogP contribution in [0.15, 0.2) is 89.9 Å². The van der Waals surface area contributed by atoms with Gasteiger partial charge in [0.25, 0.3) is 5.91 Å². The van der Waals surface area contributed by atoms with Crippen molar-refractivity contribution in [1.82, 2.24) is 10.6 Å². The SMILES string of the molecule is COC(=O)[C@@H]1C/C=C\COc2ccc3ccccc3c2-c2c(ccc3ccccc23)OCC(=O)N[C@H](CCCCN=C(N)N)C(=O)N1. The Morgan fingerprint density at radius 2 is 1.49 bits per heavy atom. The van der Waals surface area contributed by atoms with Crippen molar-refractivity contribution >= 4 is 45.3 Å². The minimum Gasteiger partial charge on any atom is -0.489 e. The maximum absolute atomic E-state index is 13.4. The molecule has 2 amide bonds. The summed E-state index contributed by atoms with van der Waals surface area (Å²) in [7, 11) is 1.26.